The Hall–Kier alpha value is -2.49. The van der Waals surface area contributed by atoms with E-state index < -0.39 is 10.0 Å². The zero-order chi connectivity index (χ0) is 22.9. The summed E-state index contributed by atoms with van der Waals surface area (Å²) in [6.07, 6.45) is 1.67. The highest BCUT2D eigenvalue weighted by molar-refractivity contribution is 7.89. The van der Waals surface area contributed by atoms with E-state index in [1.165, 1.54) is 23.9 Å². The van der Waals surface area contributed by atoms with E-state index in [1.807, 2.05) is 18.2 Å². The topological polar surface area (TPSA) is 88.6 Å². The van der Waals surface area contributed by atoms with E-state index in [0.29, 0.717) is 24.6 Å². The fraction of sp³-hybridized carbons (Fsp3) is 0.391. The molecule has 7 nitrogen and oxygen atoms in total. The van der Waals surface area contributed by atoms with Crippen molar-refractivity contribution in [3.63, 3.8) is 0 Å². The van der Waals surface area contributed by atoms with Crippen molar-refractivity contribution >= 4 is 37.5 Å². The van der Waals surface area contributed by atoms with E-state index >= 15 is 0 Å². The van der Waals surface area contributed by atoms with Crippen LogP contribution in [0.2, 0.25) is 0 Å². The van der Waals surface area contributed by atoms with E-state index in [9.17, 15) is 13.2 Å². The number of fused-ring (bicyclic) bond motifs is 1. The number of hydrogen-bond donors (Lipinski definition) is 1. The van der Waals surface area contributed by atoms with Crippen molar-refractivity contribution < 1.29 is 17.9 Å². The number of ether oxygens (including phenoxy) is 1. The molecule has 1 aromatic heterocycles. The highest BCUT2D eigenvalue weighted by Gasteiger charge is 2.28. The summed E-state index contributed by atoms with van der Waals surface area (Å²) in [5.41, 5.74) is 1.36. The summed E-state index contributed by atoms with van der Waals surface area (Å²) in [6, 6.07) is 12.4. The van der Waals surface area contributed by atoms with Gasteiger partial charge in [-0.05, 0) is 57.0 Å². The minimum absolute atomic E-state index is 0.0242. The van der Waals surface area contributed by atoms with Gasteiger partial charge in [0.25, 0.3) is 5.91 Å². The second-order valence-electron chi connectivity index (χ2n) is 8.23. The predicted octanol–water partition coefficient (Wildman–Crippen LogP) is 4.01. The van der Waals surface area contributed by atoms with Gasteiger partial charge in [0.15, 0.2) is 0 Å². The van der Waals surface area contributed by atoms with Crippen molar-refractivity contribution in [3.05, 3.63) is 53.0 Å². The lowest BCUT2D eigenvalue weighted by Crippen LogP contribution is -2.38. The molecule has 1 fully saturated rings. The Kier molecular flexibility index (Phi) is 6.50. The number of amides is 1. The smallest absolute Gasteiger partial charge is 0.253 e. The molecule has 0 aliphatic carbocycles. The quantitative estimate of drug-likeness (QED) is 0.584. The molecule has 32 heavy (non-hydrogen) atoms. The van der Waals surface area contributed by atoms with Crippen LogP contribution in [0.5, 0.6) is 5.75 Å². The number of carbonyl (C=O) groups is 1. The number of methoxy groups -OCH3 is 1. The molecule has 4 rings (SSSR count). The molecule has 0 atom stereocenters. The first-order valence-electron chi connectivity index (χ1n) is 10.6. The molecule has 1 aliphatic heterocycles. The van der Waals surface area contributed by atoms with Gasteiger partial charge >= 0.3 is 0 Å². The lowest BCUT2D eigenvalue weighted by Gasteiger charge is -2.31. The first-order chi connectivity index (χ1) is 15.3. The predicted molar refractivity (Wildman–Crippen MR) is 126 cm³/mol. The number of benzene rings is 2. The van der Waals surface area contributed by atoms with E-state index in [4.69, 9.17) is 9.72 Å². The number of nitrogens with zero attached hydrogens (tertiary/aromatic N) is 2. The van der Waals surface area contributed by atoms with Gasteiger partial charge in [0.1, 0.15) is 10.6 Å². The number of para-hydroxylation sites is 1. The first-order valence-corrected chi connectivity index (χ1v) is 12.9. The molecule has 1 amide bonds. The Bertz CT molecular complexity index is 1200. The molecule has 0 bridgehead atoms. The molecule has 2 heterocycles. The zero-order valence-electron chi connectivity index (χ0n) is 18.4. The maximum Gasteiger partial charge on any atom is 0.253 e. The second kappa shape index (κ2) is 9.17. The Balaban J connectivity index is 1.50. The number of hydrogen-bond acceptors (Lipinski definition) is 6. The fourth-order valence-corrected chi connectivity index (χ4v) is 6.55. The molecule has 2 aromatic carbocycles. The van der Waals surface area contributed by atoms with Crippen molar-refractivity contribution in [1.82, 2.24) is 14.6 Å². The van der Waals surface area contributed by atoms with Crippen LogP contribution >= 0.6 is 11.3 Å². The van der Waals surface area contributed by atoms with Gasteiger partial charge in [-0.2, -0.15) is 0 Å². The van der Waals surface area contributed by atoms with Crippen LogP contribution in [0.15, 0.2) is 47.4 Å². The van der Waals surface area contributed by atoms with Crippen LogP contribution in [0.25, 0.3) is 10.2 Å². The van der Waals surface area contributed by atoms with Crippen molar-refractivity contribution in [3.8, 4) is 5.75 Å². The minimum atomic E-state index is -3.80. The molecule has 0 radical (unpaired) electrons. The van der Waals surface area contributed by atoms with Gasteiger partial charge in [-0.15, -0.1) is 11.3 Å². The van der Waals surface area contributed by atoms with Crippen LogP contribution in [0.1, 0.15) is 48.0 Å². The van der Waals surface area contributed by atoms with Crippen molar-refractivity contribution in [2.75, 3.05) is 20.2 Å². The molecule has 9 heteroatoms. The Morgan fingerprint density at radius 2 is 1.91 bits per heavy atom. The summed E-state index contributed by atoms with van der Waals surface area (Å²) >= 11 is 1.72. The van der Waals surface area contributed by atoms with Crippen molar-refractivity contribution in [2.45, 2.75) is 43.5 Å². The molecule has 0 unspecified atom stereocenters. The SMILES string of the molecule is COc1ccc(C(=O)N2CCC(c3nc4ccccc4s3)CC2)cc1S(=O)(=O)NC(C)C. The summed E-state index contributed by atoms with van der Waals surface area (Å²) in [5.74, 6) is 0.374. The minimum Gasteiger partial charge on any atom is -0.495 e. The average molecular weight is 474 g/mol. The zero-order valence-corrected chi connectivity index (χ0v) is 20.0. The molecule has 0 saturated carbocycles. The molecule has 1 saturated heterocycles. The van der Waals surface area contributed by atoms with Crippen LogP contribution in [0, 0.1) is 0 Å². The summed E-state index contributed by atoms with van der Waals surface area (Å²) in [5, 5.41) is 1.12. The van der Waals surface area contributed by atoms with Crippen LogP contribution in [0.3, 0.4) is 0 Å². The van der Waals surface area contributed by atoms with Gasteiger partial charge in [-0.1, -0.05) is 12.1 Å². The van der Waals surface area contributed by atoms with E-state index in [2.05, 4.69) is 10.8 Å². The summed E-state index contributed by atoms with van der Waals surface area (Å²) in [7, 11) is -2.38. The number of carbonyl (C=O) groups excluding carboxylic acids is 1. The van der Waals surface area contributed by atoms with E-state index in [1.54, 1.807) is 36.2 Å². The third-order valence-corrected chi connectivity index (χ3v) is 8.41. The number of aromatic nitrogens is 1. The molecular weight excluding hydrogens is 446 g/mol. The molecule has 3 aromatic rings. The molecular formula is C23H27N3O4S2. The molecule has 0 spiro atoms. The Morgan fingerprint density at radius 1 is 1.19 bits per heavy atom. The van der Waals surface area contributed by atoms with Gasteiger partial charge in [0, 0.05) is 30.6 Å². The van der Waals surface area contributed by atoms with E-state index in [0.717, 1.165) is 23.4 Å². The average Bonchev–Trinajstić information content (AvgIpc) is 3.22. The summed E-state index contributed by atoms with van der Waals surface area (Å²) < 4.78 is 34.4. The lowest BCUT2D eigenvalue weighted by molar-refractivity contribution is 0.0712. The van der Waals surface area contributed by atoms with Crippen molar-refractivity contribution in [1.29, 1.82) is 0 Å². The molecule has 1 aliphatic rings. The second-order valence-corrected chi connectivity index (χ2v) is 11.0. The van der Waals surface area contributed by atoms with Crippen LogP contribution < -0.4 is 9.46 Å². The third-order valence-electron chi connectivity index (χ3n) is 5.53. The number of rotatable bonds is 6. The van der Waals surface area contributed by atoms with Crippen LogP contribution in [-0.2, 0) is 10.0 Å². The highest BCUT2D eigenvalue weighted by atomic mass is 32.2. The Morgan fingerprint density at radius 3 is 2.56 bits per heavy atom. The van der Waals surface area contributed by atoms with Gasteiger partial charge in [0.2, 0.25) is 10.0 Å². The standard InChI is InChI=1S/C23H27N3O4S2/c1-15(2)25-32(28,29)21-14-17(8-9-19(21)30-3)23(27)26-12-10-16(11-13-26)22-24-18-6-4-5-7-20(18)31-22/h4-9,14-16,25H,10-13H2,1-3H3. The summed E-state index contributed by atoms with van der Waals surface area (Å²) in [4.78, 5) is 19.7. The summed E-state index contributed by atoms with van der Waals surface area (Å²) in [6.45, 7) is 4.71. The van der Waals surface area contributed by atoms with Gasteiger partial charge in [0.05, 0.1) is 22.3 Å². The van der Waals surface area contributed by atoms with Crippen LogP contribution in [-0.4, -0.2) is 50.5 Å². The van der Waals surface area contributed by atoms with Crippen LogP contribution in [0.4, 0.5) is 0 Å². The van der Waals surface area contributed by atoms with Gasteiger partial charge in [-0.3, -0.25) is 4.79 Å². The number of sulfonamides is 1. The molecule has 170 valence electrons. The maximum atomic E-state index is 13.1. The first kappa shape index (κ1) is 22.7. The number of thiazole rings is 1. The Labute approximate surface area is 192 Å². The third kappa shape index (κ3) is 4.65. The van der Waals surface area contributed by atoms with Gasteiger partial charge in [-0.25, -0.2) is 18.1 Å². The highest BCUT2D eigenvalue weighted by Crippen LogP contribution is 2.34. The van der Waals surface area contributed by atoms with Gasteiger partial charge < -0.3 is 9.64 Å². The van der Waals surface area contributed by atoms with Crippen molar-refractivity contribution in [2.24, 2.45) is 0 Å². The molecule has 1 N–H and O–H groups in total. The largest absolute Gasteiger partial charge is 0.495 e. The number of piperidine rings is 1. The lowest BCUT2D eigenvalue weighted by atomic mass is 9.97. The normalized spacial score (nSPS) is 15.4. The van der Waals surface area contributed by atoms with E-state index in [-0.39, 0.29) is 22.6 Å². The monoisotopic (exact) mass is 473 g/mol. The number of likely N-dealkylation sites (tertiary alicyclic amines) is 1. The maximum absolute atomic E-state index is 13.1. The fourth-order valence-electron chi connectivity index (χ4n) is 3.97. The number of nitrogens with one attached hydrogen (secondary N) is 1.